The zero-order valence-corrected chi connectivity index (χ0v) is 10.8. The van der Waals surface area contributed by atoms with Crippen LogP contribution in [0.2, 0.25) is 0 Å². The van der Waals surface area contributed by atoms with Crippen LogP contribution in [0, 0.1) is 0 Å². The number of para-hydroxylation sites is 1. The van der Waals surface area contributed by atoms with Gasteiger partial charge < -0.3 is 4.74 Å². The molecule has 96 valence electrons. The van der Waals surface area contributed by atoms with Gasteiger partial charge in [-0.1, -0.05) is 48.5 Å². The van der Waals surface area contributed by atoms with Crippen LogP contribution in [0.15, 0.2) is 60.7 Å². The Labute approximate surface area is 113 Å². The average molecular weight is 252 g/mol. The fourth-order valence-electron chi connectivity index (χ4n) is 1.85. The monoisotopic (exact) mass is 252 g/mol. The van der Waals surface area contributed by atoms with Gasteiger partial charge in [0.15, 0.2) is 0 Å². The Hall–Kier alpha value is -2.35. The summed E-state index contributed by atoms with van der Waals surface area (Å²) < 4.78 is 5.96. The standard InChI is InChI=1S/C17H16O2/c1-14(15-8-3-2-4-9-15)19-17-12-6-5-10-16(17)11-7-13-18/h2-14H,1H3/b11-7-. The molecule has 0 bridgehead atoms. The molecule has 19 heavy (non-hydrogen) atoms. The van der Waals surface area contributed by atoms with Gasteiger partial charge in [-0.05, 0) is 30.7 Å². The summed E-state index contributed by atoms with van der Waals surface area (Å²) in [6.07, 6.45) is 3.94. The van der Waals surface area contributed by atoms with Gasteiger partial charge in [0, 0.05) is 5.56 Å². The Balaban J connectivity index is 2.19. The molecule has 0 aromatic heterocycles. The quantitative estimate of drug-likeness (QED) is 0.593. The second kappa shape index (κ2) is 6.55. The highest BCUT2D eigenvalue weighted by Crippen LogP contribution is 2.25. The molecule has 0 aliphatic carbocycles. The summed E-state index contributed by atoms with van der Waals surface area (Å²) >= 11 is 0. The fourth-order valence-corrected chi connectivity index (χ4v) is 1.85. The molecule has 0 amide bonds. The lowest BCUT2D eigenvalue weighted by Gasteiger charge is -2.16. The molecule has 2 aromatic rings. The molecule has 2 rings (SSSR count). The molecule has 0 heterocycles. The van der Waals surface area contributed by atoms with Crippen LogP contribution in [0.25, 0.3) is 6.08 Å². The van der Waals surface area contributed by atoms with Crippen LogP contribution in [0.5, 0.6) is 5.75 Å². The van der Waals surface area contributed by atoms with Gasteiger partial charge in [-0.3, -0.25) is 4.79 Å². The largest absolute Gasteiger partial charge is 0.485 e. The van der Waals surface area contributed by atoms with E-state index in [1.165, 1.54) is 6.08 Å². The van der Waals surface area contributed by atoms with Crippen LogP contribution in [-0.4, -0.2) is 6.29 Å². The number of carbonyl (C=O) groups excluding carboxylic acids is 1. The van der Waals surface area contributed by atoms with Gasteiger partial charge in [-0.15, -0.1) is 0 Å². The number of benzene rings is 2. The van der Waals surface area contributed by atoms with E-state index in [-0.39, 0.29) is 6.10 Å². The number of hydrogen-bond donors (Lipinski definition) is 0. The van der Waals surface area contributed by atoms with Crippen LogP contribution in [0.1, 0.15) is 24.2 Å². The van der Waals surface area contributed by atoms with Crippen LogP contribution >= 0.6 is 0 Å². The maximum atomic E-state index is 10.4. The smallest absolute Gasteiger partial charge is 0.142 e. The summed E-state index contributed by atoms with van der Waals surface area (Å²) in [7, 11) is 0. The Kier molecular flexibility index (Phi) is 4.51. The summed E-state index contributed by atoms with van der Waals surface area (Å²) in [6, 6.07) is 17.7. The van der Waals surface area contributed by atoms with E-state index in [9.17, 15) is 4.79 Å². The van der Waals surface area contributed by atoms with Crippen LogP contribution in [0.4, 0.5) is 0 Å². The first kappa shape index (κ1) is 13.1. The highest BCUT2D eigenvalue weighted by atomic mass is 16.5. The summed E-state index contributed by atoms with van der Waals surface area (Å²) in [5, 5.41) is 0. The molecular weight excluding hydrogens is 236 g/mol. The molecule has 0 aliphatic heterocycles. The first-order valence-corrected chi connectivity index (χ1v) is 6.23. The minimum absolute atomic E-state index is 0.0352. The zero-order chi connectivity index (χ0) is 13.5. The van der Waals surface area contributed by atoms with Crippen LogP contribution < -0.4 is 4.74 Å². The predicted molar refractivity (Wildman–Crippen MR) is 77.0 cm³/mol. The second-order valence-electron chi connectivity index (χ2n) is 4.20. The summed E-state index contributed by atoms with van der Waals surface area (Å²) in [5.74, 6) is 0.775. The van der Waals surface area contributed by atoms with E-state index < -0.39 is 0 Å². The maximum Gasteiger partial charge on any atom is 0.142 e. The maximum absolute atomic E-state index is 10.4. The SMILES string of the molecule is CC(Oc1ccccc1/C=C\C=O)c1ccccc1. The molecule has 2 nitrogen and oxygen atoms in total. The summed E-state index contributed by atoms with van der Waals surface area (Å²) in [5.41, 5.74) is 2.02. The van der Waals surface area contributed by atoms with E-state index in [0.29, 0.717) is 0 Å². The van der Waals surface area contributed by atoms with Gasteiger partial charge in [0.2, 0.25) is 0 Å². The van der Waals surface area contributed by atoms with Gasteiger partial charge >= 0.3 is 0 Å². The number of allylic oxidation sites excluding steroid dienone is 1. The normalized spacial score (nSPS) is 12.3. The molecule has 1 unspecified atom stereocenters. The number of aldehydes is 1. The highest BCUT2D eigenvalue weighted by Gasteiger charge is 2.08. The molecule has 0 N–H and O–H groups in total. The van der Waals surface area contributed by atoms with Gasteiger partial charge in [-0.2, -0.15) is 0 Å². The van der Waals surface area contributed by atoms with Gasteiger partial charge in [0.05, 0.1) is 0 Å². The third-order valence-corrected chi connectivity index (χ3v) is 2.85. The predicted octanol–water partition coefficient (Wildman–Crippen LogP) is 4.04. The number of ether oxygens (including phenoxy) is 1. The molecule has 0 aliphatic rings. The highest BCUT2D eigenvalue weighted by molar-refractivity contribution is 5.75. The minimum Gasteiger partial charge on any atom is -0.485 e. The van der Waals surface area contributed by atoms with Crippen molar-refractivity contribution in [3.63, 3.8) is 0 Å². The average Bonchev–Trinajstić information content (AvgIpc) is 2.47. The van der Waals surface area contributed by atoms with E-state index in [0.717, 1.165) is 23.2 Å². The molecule has 1 atom stereocenters. The fraction of sp³-hybridized carbons (Fsp3) is 0.118. The topological polar surface area (TPSA) is 26.3 Å². The number of carbonyl (C=O) groups is 1. The van der Waals surface area contributed by atoms with Crippen molar-refractivity contribution in [2.45, 2.75) is 13.0 Å². The van der Waals surface area contributed by atoms with Crippen molar-refractivity contribution in [2.24, 2.45) is 0 Å². The van der Waals surface area contributed by atoms with Crippen molar-refractivity contribution in [3.05, 3.63) is 71.8 Å². The Morgan fingerprint density at radius 1 is 1.00 bits per heavy atom. The lowest BCUT2D eigenvalue weighted by atomic mass is 10.1. The molecule has 0 fully saturated rings. The molecule has 0 saturated carbocycles. The van der Waals surface area contributed by atoms with E-state index in [1.54, 1.807) is 6.08 Å². The van der Waals surface area contributed by atoms with E-state index in [2.05, 4.69) is 0 Å². The third kappa shape index (κ3) is 3.55. The van der Waals surface area contributed by atoms with Crippen molar-refractivity contribution >= 4 is 12.4 Å². The first-order valence-electron chi connectivity index (χ1n) is 6.23. The number of hydrogen-bond acceptors (Lipinski definition) is 2. The van der Waals surface area contributed by atoms with Crippen LogP contribution in [-0.2, 0) is 4.79 Å². The van der Waals surface area contributed by atoms with E-state index >= 15 is 0 Å². The Morgan fingerprint density at radius 2 is 1.68 bits per heavy atom. The second-order valence-corrected chi connectivity index (χ2v) is 4.20. The first-order chi connectivity index (χ1) is 9.31. The van der Waals surface area contributed by atoms with Crippen molar-refractivity contribution in [2.75, 3.05) is 0 Å². The van der Waals surface area contributed by atoms with Gasteiger partial charge in [0.25, 0.3) is 0 Å². The van der Waals surface area contributed by atoms with Crippen molar-refractivity contribution in [1.29, 1.82) is 0 Å². The summed E-state index contributed by atoms with van der Waals surface area (Å²) in [4.78, 5) is 10.4. The lowest BCUT2D eigenvalue weighted by Crippen LogP contribution is -2.03. The third-order valence-electron chi connectivity index (χ3n) is 2.85. The molecule has 2 heteroatoms. The number of rotatable bonds is 5. The minimum atomic E-state index is -0.0352. The van der Waals surface area contributed by atoms with Crippen molar-refractivity contribution < 1.29 is 9.53 Å². The van der Waals surface area contributed by atoms with Crippen molar-refractivity contribution in [3.8, 4) is 5.75 Å². The molecule has 0 radical (unpaired) electrons. The zero-order valence-electron chi connectivity index (χ0n) is 10.8. The van der Waals surface area contributed by atoms with Crippen molar-refractivity contribution in [1.82, 2.24) is 0 Å². The molecular formula is C17H16O2. The van der Waals surface area contributed by atoms with Crippen LogP contribution in [0.3, 0.4) is 0 Å². The molecule has 2 aromatic carbocycles. The Bertz CT molecular complexity index is 558. The molecule has 0 spiro atoms. The Morgan fingerprint density at radius 3 is 2.42 bits per heavy atom. The molecule has 0 saturated heterocycles. The van der Waals surface area contributed by atoms with E-state index in [1.807, 2.05) is 61.5 Å². The van der Waals surface area contributed by atoms with E-state index in [4.69, 9.17) is 4.74 Å². The lowest BCUT2D eigenvalue weighted by molar-refractivity contribution is -0.104. The van der Waals surface area contributed by atoms with Gasteiger partial charge in [-0.25, -0.2) is 0 Å². The summed E-state index contributed by atoms with van der Waals surface area (Å²) in [6.45, 7) is 2.01. The van der Waals surface area contributed by atoms with Gasteiger partial charge in [0.1, 0.15) is 18.1 Å².